The first-order chi connectivity index (χ1) is 12.7. The number of rotatable bonds is 2. The van der Waals surface area contributed by atoms with Gasteiger partial charge in [0.25, 0.3) is 0 Å². The van der Waals surface area contributed by atoms with Crippen LogP contribution in [0.1, 0.15) is 26.5 Å². The van der Waals surface area contributed by atoms with Gasteiger partial charge in [-0.2, -0.15) is 0 Å². The van der Waals surface area contributed by atoms with Crippen molar-refractivity contribution in [3.05, 3.63) is 48.4 Å². The Balaban J connectivity index is 2.11. The van der Waals surface area contributed by atoms with Gasteiger partial charge in [0, 0.05) is 39.6 Å². The molecule has 5 heteroatoms. The van der Waals surface area contributed by atoms with Gasteiger partial charge in [0.05, 0.1) is 11.3 Å². The number of pyridine rings is 3. The van der Waals surface area contributed by atoms with Crippen LogP contribution in [0, 0.1) is 0 Å². The van der Waals surface area contributed by atoms with E-state index < -0.39 is 8.07 Å². The highest BCUT2D eigenvalue weighted by Gasteiger charge is 2.27. The van der Waals surface area contributed by atoms with Crippen molar-refractivity contribution >= 4 is 35.5 Å². The molecule has 0 spiro atoms. The molecule has 0 saturated heterocycles. The lowest BCUT2D eigenvalue weighted by molar-refractivity contribution is 0.562. The molecule has 0 radical (unpaired) electrons. The third-order valence-electron chi connectivity index (χ3n) is 4.78. The number of aromatic nitrogens is 3. The third-order valence-corrected chi connectivity index (χ3v) is 6.58. The van der Waals surface area contributed by atoms with E-state index in [1.807, 2.05) is 24.4 Å². The van der Waals surface area contributed by atoms with Crippen molar-refractivity contribution in [2.24, 2.45) is 0 Å². The van der Waals surface area contributed by atoms with Crippen molar-refractivity contribution in [3.8, 4) is 11.3 Å². The largest absolute Gasteiger partial charge is 0.437 e. The summed E-state index contributed by atoms with van der Waals surface area (Å²) in [5, 5.41) is 3.29. The van der Waals surface area contributed by atoms with Crippen LogP contribution in [0.5, 0.6) is 0 Å². The van der Waals surface area contributed by atoms with Gasteiger partial charge >= 0.3 is 0 Å². The van der Waals surface area contributed by atoms with E-state index >= 15 is 0 Å². The Morgan fingerprint density at radius 2 is 1.74 bits per heavy atom. The van der Waals surface area contributed by atoms with Gasteiger partial charge in [-0.3, -0.25) is 9.97 Å². The van der Waals surface area contributed by atoms with E-state index in [0.717, 1.165) is 38.6 Å². The topological polar surface area (TPSA) is 51.8 Å². The molecule has 0 amide bonds. The first-order valence-electron chi connectivity index (χ1n) is 9.31. The summed E-state index contributed by atoms with van der Waals surface area (Å²) >= 11 is 0. The van der Waals surface area contributed by atoms with Crippen LogP contribution < -0.4 is 5.32 Å². The maximum absolute atomic E-state index is 6.34. The summed E-state index contributed by atoms with van der Waals surface area (Å²) in [6, 6.07) is 10.1. The molecule has 0 aliphatic carbocycles. The number of hydrogen-bond donors (Lipinski definition) is 0. The highest BCUT2D eigenvalue weighted by Crippen LogP contribution is 2.35. The molecule has 0 saturated carbocycles. The van der Waals surface area contributed by atoms with E-state index in [9.17, 15) is 0 Å². The van der Waals surface area contributed by atoms with Crippen LogP contribution >= 0.6 is 0 Å². The average Bonchev–Trinajstić information content (AvgIpc) is 2.98. The van der Waals surface area contributed by atoms with Crippen molar-refractivity contribution in [1.82, 2.24) is 15.0 Å². The molecule has 0 N–H and O–H groups in total. The predicted octanol–water partition coefficient (Wildman–Crippen LogP) is 5.28. The van der Waals surface area contributed by atoms with Gasteiger partial charge in [-0.15, -0.1) is 0 Å². The molecule has 4 rings (SSSR count). The quantitative estimate of drug-likeness (QED) is 0.447. The van der Waals surface area contributed by atoms with Crippen molar-refractivity contribution < 1.29 is 4.42 Å². The zero-order valence-corrected chi connectivity index (χ0v) is 17.8. The predicted molar refractivity (Wildman–Crippen MR) is 114 cm³/mol. The highest BCUT2D eigenvalue weighted by molar-refractivity contribution is 6.90. The molecule has 4 nitrogen and oxygen atoms in total. The van der Waals surface area contributed by atoms with Gasteiger partial charge < -0.3 is 4.42 Å². The summed E-state index contributed by atoms with van der Waals surface area (Å²) in [7, 11) is -1.67. The zero-order chi connectivity index (χ0) is 19.4. The number of hydrogen-bond acceptors (Lipinski definition) is 4. The standard InChI is InChI=1S/C22H25N3OSi/c1-22(2,3)17-11-10-14-18-19(26-20(14)25-17)15(16-9-7-8-12-23-16)13-24-21(18)27(4,5)6/h7-13H,1-6H3. The molecule has 138 valence electrons. The van der Waals surface area contributed by atoms with Crippen LogP contribution in [-0.2, 0) is 5.41 Å². The van der Waals surface area contributed by atoms with Crippen molar-refractivity contribution in [2.45, 2.75) is 45.8 Å². The summed E-state index contributed by atoms with van der Waals surface area (Å²) in [5.41, 5.74) is 4.31. The molecule has 27 heavy (non-hydrogen) atoms. The summed E-state index contributed by atoms with van der Waals surface area (Å²) in [6.45, 7) is 13.4. The number of nitrogens with zero attached hydrogens (tertiary/aromatic N) is 3. The Bertz CT molecular complexity index is 1140. The van der Waals surface area contributed by atoms with Gasteiger partial charge in [0.1, 0.15) is 13.7 Å². The molecule has 0 bridgehead atoms. The molecule has 0 aliphatic heterocycles. The van der Waals surface area contributed by atoms with E-state index in [0.29, 0.717) is 5.71 Å². The molecule has 0 unspecified atom stereocenters. The van der Waals surface area contributed by atoms with E-state index in [-0.39, 0.29) is 5.41 Å². The molecule has 0 aromatic carbocycles. The van der Waals surface area contributed by atoms with Gasteiger partial charge in [0.2, 0.25) is 5.71 Å². The monoisotopic (exact) mass is 375 g/mol. The normalized spacial score (nSPS) is 12.8. The summed E-state index contributed by atoms with van der Waals surface area (Å²) < 4.78 is 6.34. The minimum absolute atomic E-state index is 0.0309. The highest BCUT2D eigenvalue weighted by atomic mass is 28.3. The lowest BCUT2D eigenvalue weighted by Gasteiger charge is -2.18. The first-order valence-corrected chi connectivity index (χ1v) is 12.8. The second-order valence-corrected chi connectivity index (χ2v) is 14.1. The third kappa shape index (κ3) is 3.06. The lowest BCUT2D eigenvalue weighted by atomic mass is 9.91. The summed E-state index contributed by atoms with van der Waals surface area (Å²) in [5.74, 6) is 0. The molecular weight excluding hydrogens is 350 g/mol. The summed E-state index contributed by atoms with van der Waals surface area (Å²) in [4.78, 5) is 14.2. The van der Waals surface area contributed by atoms with Crippen molar-refractivity contribution in [1.29, 1.82) is 0 Å². The molecule has 4 heterocycles. The Morgan fingerprint density at radius 1 is 0.963 bits per heavy atom. The van der Waals surface area contributed by atoms with Crippen molar-refractivity contribution in [3.63, 3.8) is 0 Å². The molecule has 0 atom stereocenters. The SMILES string of the molecule is CC(C)(C)c1ccc2c(n1)oc1c(-c3ccccn3)cnc([Si](C)(C)C)c12. The second kappa shape index (κ2) is 5.99. The van der Waals surface area contributed by atoms with Gasteiger partial charge in [-0.05, 0) is 24.3 Å². The van der Waals surface area contributed by atoms with E-state index in [4.69, 9.17) is 14.4 Å². The maximum Gasteiger partial charge on any atom is 0.227 e. The van der Waals surface area contributed by atoms with Gasteiger partial charge in [-0.1, -0.05) is 46.5 Å². The molecule has 4 aromatic rings. The minimum Gasteiger partial charge on any atom is -0.437 e. The Morgan fingerprint density at radius 3 is 2.37 bits per heavy atom. The lowest BCUT2D eigenvalue weighted by Crippen LogP contribution is -2.40. The van der Waals surface area contributed by atoms with Crippen LogP contribution in [0.4, 0.5) is 0 Å². The van der Waals surface area contributed by atoms with E-state index in [2.05, 4.69) is 57.5 Å². The van der Waals surface area contributed by atoms with Gasteiger partial charge in [-0.25, -0.2) is 4.98 Å². The minimum atomic E-state index is -1.67. The van der Waals surface area contributed by atoms with Crippen molar-refractivity contribution in [2.75, 3.05) is 0 Å². The second-order valence-electron chi connectivity index (χ2n) is 9.09. The molecule has 0 aliphatic rings. The fraction of sp³-hybridized carbons (Fsp3) is 0.318. The fourth-order valence-corrected chi connectivity index (χ4v) is 4.80. The zero-order valence-electron chi connectivity index (χ0n) is 16.8. The summed E-state index contributed by atoms with van der Waals surface area (Å²) in [6.07, 6.45) is 3.71. The van der Waals surface area contributed by atoms with Crippen LogP contribution in [0.15, 0.2) is 47.1 Å². The van der Waals surface area contributed by atoms with Crippen LogP contribution in [0.25, 0.3) is 33.3 Å². The number of furan rings is 1. The molecule has 4 aromatic heterocycles. The smallest absolute Gasteiger partial charge is 0.227 e. The van der Waals surface area contributed by atoms with Crippen LogP contribution in [-0.4, -0.2) is 23.0 Å². The maximum atomic E-state index is 6.34. The number of fused-ring (bicyclic) bond motifs is 3. The van der Waals surface area contributed by atoms with E-state index in [1.165, 1.54) is 0 Å². The fourth-order valence-electron chi connectivity index (χ4n) is 3.35. The Hall–Kier alpha value is -2.53. The molecule has 0 fully saturated rings. The van der Waals surface area contributed by atoms with Gasteiger partial charge in [0.15, 0.2) is 0 Å². The Kier molecular flexibility index (Phi) is 3.96. The van der Waals surface area contributed by atoms with E-state index in [1.54, 1.807) is 6.20 Å². The Labute approximate surface area is 160 Å². The average molecular weight is 376 g/mol. The molecular formula is C22H25N3OSi. The van der Waals surface area contributed by atoms with Crippen LogP contribution in [0.3, 0.4) is 0 Å². The van der Waals surface area contributed by atoms with Crippen LogP contribution in [0.2, 0.25) is 19.6 Å². The first kappa shape index (κ1) is 17.9.